The molecule has 2 heterocycles. The van der Waals surface area contributed by atoms with Crippen molar-refractivity contribution in [3.8, 4) is 11.5 Å². The molecule has 1 aromatic heterocycles. The van der Waals surface area contributed by atoms with E-state index in [0.29, 0.717) is 23.6 Å². The first-order valence-corrected chi connectivity index (χ1v) is 11.4. The van der Waals surface area contributed by atoms with Crippen LogP contribution in [-0.4, -0.2) is 65.3 Å². The number of aryl methyl sites for hydroxylation is 1. The number of aromatic nitrogens is 2. The third-order valence-corrected chi connectivity index (χ3v) is 6.53. The Morgan fingerprint density at radius 3 is 2.58 bits per heavy atom. The minimum Gasteiger partial charge on any atom is -0.497 e. The van der Waals surface area contributed by atoms with Crippen LogP contribution in [0.5, 0.6) is 11.5 Å². The van der Waals surface area contributed by atoms with Gasteiger partial charge in [-0.3, -0.25) is 9.89 Å². The number of hydrogen-bond acceptors (Lipinski definition) is 5. The first kappa shape index (κ1) is 21.7. The Morgan fingerprint density at radius 2 is 1.94 bits per heavy atom. The van der Waals surface area contributed by atoms with Crippen LogP contribution in [0.4, 0.5) is 0 Å². The van der Waals surface area contributed by atoms with Gasteiger partial charge in [0, 0.05) is 31.9 Å². The van der Waals surface area contributed by atoms with Crippen LogP contribution in [0.15, 0.2) is 24.3 Å². The lowest BCUT2D eigenvalue weighted by Gasteiger charge is -2.36. The van der Waals surface area contributed by atoms with Crippen molar-refractivity contribution in [1.82, 2.24) is 20.0 Å². The standard InChI is InChI=1S/C24H34N4O3/c1-17-14-18(26-25-17)16-27(2)24(29)22-15-21(30-3)8-9-23(22)31-20-10-12-28(13-11-20)19-6-4-5-7-19/h8-9,14-15,19-20H,4-7,10-13,16H2,1-3H3,(H,25,26). The molecule has 0 radical (unpaired) electrons. The van der Waals surface area contributed by atoms with E-state index in [4.69, 9.17) is 9.47 Å². The first-order chi connectivity index (χ1) is 15.0. The highest BCUT2D eigenvalue weighted by atomic mass is 16.5. The summed E-state index contributed by atoms with van der Waals surface area (Å²) < 4.78 is 11.7. The molecule has 1 aromatic carbocycles. The maximum Gasteiger partial charge on any atom is 0.257 e. The molecule has 0 atom stereocenters. The fraction of sp³-hybridized carbons (Fsp3) is 0.583. The molecular formula is C24H34N4O3. The predicted molar refractivity (Wildman–Crippen MR) is 120 cm³/mol. The molecule has 2 aliphatic rings. The van der Waals surface area contributed by atoms with E-state index in [1.807, 2.05) is 25.1 Å². The summed E-state index contributed by atoms with van der Waals surface area (Å²) >= 11 is 0. The number of H-pyrrole nitrogens is 1. The average Bonchev–Trinajstić information content (AvgIpc) is 3.46. The Bertz CT molecular complexity index is 883. The summed E-state index contributed by atoms with van der Waals surface area (Å²) in [5.74, 6) is 1.18. The van der Waals surface area contributed by atoms with Crippen molar-refractivity contribution in [3.05, 3.63) is 41.2 Å². The number of aromatic amines is 1. The van der Waals surface area contributed by atoms with E-state index in [1.165, 1.54) is 25.7 Å². The SMILES string of the molecule is COc1ccc(OC2CCN(C3CCCC3)CC2)c(C(=O)N(C)Cc2cc(C)[nH]n2)c1. The van der Waals surface area contributed by atoms with Crippen LogP contribution in [0.25, 0.3) is 0 Å². The average molecular weight is 427 g/mol. The lowest BCUT2D eigenvalue weighted by Crippen LogP contribution is -2.43. The Hall–Kier alpha value is -2.54. The number of nitrogens with zero attached hydrogens (tertiary/aromatic N) is 3. The summed E-state index contributed by atoms with van der Waals surface area (Å²) in [7, 11) is 3.40. The van der Waals surface area contributed by atoms with Gasteiger partial charge in [-0.05, 0) is 56.9 Å². The highest BCUT2D eigenvalue weighted by molar-refractivity contribution is 5.97. The summed E-state index contributed by atoms with van der Waals surface area (Å²) in [6, 6.07) is 8.21. The topological polar surface area (TPSA) is 70.7 Å². The summed E-state index contributed by atoms with van der Waals surface area (Å²) in [6.07, 6.45) is 7.54. The summed E-state index contributed by atoms with van der Waals surface area (Å²) in [5.41, 5.74) is 2.34. The summed E-state index contributed by atoms with van der Waals surface area (Å²) in [6.45, 7) is 4.53. The molecule has 0 unspecified atom stereocenters. The van der Waals surface area contributed by atoms with Gasteiger partial charge in [0.1, 0.15) is 17.6 Å². The minimum absolute atomic E-state index is 0.0991. The smallest absolute Gasteiger partial charge is 0.257 e. The fourth-order valence-corrected chi connectivity index (χ4v) is 4.79. The van der Waals surface area contributed by atoms with Crippen molar-refractivity contribution in [2.24, 2.45) is 0 Å². The van der Waals surface area contributed by atoms with Crippen molar-refractivity contribution in [1.29, 1.82) is 0 Å². The fourth-order valence-electron chi connectivity index (χ4n) is 4.79. The van der Waals surface area contributed by atoms with Crippen LogP contribution in [0.3, 0.4) is 0 Å². The second kappa shape index (κ2) is 9.73. The van der Waals surface area contributed by atoms with Crippen LogP contribution in [-0.2, 0) is 6.54 Å². The number of piperidine rings is 1. The number of hydrogen-bond donors (Lipinski definition) is 1. The van der Waals surface area contributed by atoms with Gasteiger partial charge in [0.2, 0.25) is 0 Å². The Kier molecular flexibility index (Phi) is 6.80. The normalized spacial score (nSPS) is 18.3. The number of ether oxygens (including phenoxy) is 2. The molecule has 31 heavy (non-hydrogen) atoms. The minimum atomic E-state index is -0.0991. The number of methoxy groups -OCH3 is 1. The second-order valence-electron chi connectivity index (χ2n) is 8.86. The van der Waals surface area contributed by atoms with E-state index < -0.39 is 0 Å². The number of rotatable bonds is 7. The van der Waals surface area contributed by atoms with E-state index in [9.17, 15) is 4.79 Å². The number of carbonyl (C=O) groups excluding carboxylic acids is 1. The second-order valence-corrected chi connectivity index (χ2v) is 8.86. The third-order valence-electron chi connectivity index (χ3n) is 6.53. The molecule has 0 bridgehead atoms. The van der Waals surface area contributed by atoms with Crippen LogP contribution in [0, 0.1) is 6.92 Å². The maximum absolute atomic E-state index is 13.3. The molecule has 0 spiro atoms. The maximum atomic E-state index is 13.3. The van der Waals surface area contributed by atoms with Gasteiger partial charge < -0.3 is 19.3 Å². The number of carbonyl (C=O) groups is 1. The molecule has 1 N–H and O–H groups in total. The molecule has 7 nitrogen and oxygen atoms in total. The van der Waals surface area contributed by atoms with Crippen LogP contribution in [0.1, 0.15) is 60.3 Å². The van der Waals surface area contributed by atoms with E-state index in [2.05, 4.69) is 15.1 Å². The first-order valence-electron chi connectivity index (χ1n) is 11.4. The van der Waals surface area contributed by atoms with Gasteiger partial charge in [0.25, 0.3) is 5.91 Å². The molecule has 4 rings (SSSR count). The van der Waals surface area contributed by atoms with Crippen LogP contribution in [0.2, 0.25) is 0 Å². The molecule has 2 aromatic rings. The monoisotopic (exact) mass is 426 g/mol. The Morgan fingerprint density at radius 1 is 1.19 bits per heavy atom. The number of nitrogens with one attached hydrogen (secondary N) is 1. The quantitative estimate of drug-likeness (QED) is 0.730. The van der Waals surface area contributed by atoms with Gasteiger partial charge in [0.05, 0.1) is 24.9 Å². The molecule has 2 fully saturated rings. The van der Waals surface area contributed by atoms with Crippen molar-refractivity contribution in [2.45, 2.75) is 64.1 Å². The number of likely N-dealkylation sites (tertiary alicyclic amines) is 1. The molecule has 168 valence electrons. The van der Waals surface area contributed by atoms with Gasteiger partial charge in [-0.25, -0.2) is 0 Å². The molecule has 1 saturated heterocycles. The van der Waals surface area contributed by atoms with Gasteiger partial charge in [0.15, 0.2) is 0 Å². The van der Waals surface area contributed by atoms with E-state index in [-0.39, 0.29) is 12.0 Å². The van der Waals surface area contributed by atoms with Gasteiger partial charge in [-0.1, -0.05) is 12.8 Å². The Balaban J connectivity index is 1.43. The lowest BCUT2D eigenvalue weighted by molar-refractivity contribution is 0.0708. The molecule has 1 amide bonds. The zero-order valence-electron chi connectivity index (χ0n) is 18.9. The molecule has 1 aliphatic carbocycles. The zero-order chi connectivity index (χ0) is 21.8. The van der Waals surface area contributed by atoms with Crippen molar-refractivity contribution in [3.63, 3.8) is 0 Å². The van der Waals surface area contributed by atoms with Crippen LogP contribution < -0.4 is 9.47 Å². The third kappa shape index (κ3) is 5.21. The Labute approximate surface area is 184 Å². The number of benzene rings is 1. The highest BCUT2D eigenvalue weighted by Crippen LogP contribution is 2.30. The van der Waals surface area contributed by atoms with Gasteiger partial charge in [-0.15, -0.1) is 0 Å². The predicted octanol–water partition coefficient (Wildman–Crippen LogP) is 3.78. The highest BCUT2D eigenvalue weighted by Gasteiger charge is 2.29. The van der Waals surface area contributed by atoms with Gasteiger partial charge in [-0.2, -0.15) is 5.10 Å². The molecule has 1 saturated carbocycles. The van der Waals surface area contributed by atoms with Crippen molar-refractivity contribution >= 4 is 5.91 Å². The molecule has 1 aliphatic heterocycles. The largest absolute Gasteiger partial charge is 0.497 e. The molecular weight excluding hydrogens is 392 g/mol. The lowest BCUT2D eigenvalue weighted by atomic mass is 10.0. The van der Waals surface area contributed by atoms with Crippen LogP contribution >= 0.6 is 0 Å². The molecule has 7 heteroatoms. The van der Waals surface area contributed by atoms with E-state index in [1.54, 1.807) is 25.1 Å². The number of amides is 1. The summed E-state index contributed by atoms with van der Waals surface area (Å²) in [5, 5.41) is 7.17. The van der Waals surface area contributed by atoms with Crippen molar-refractivity contribution < 1.29 is 14.3 Å². The van der Waals surface area contributed by atoms with Crippen molar-refractivity contribution in [2.75, 3.05) is 27.2 Å². The summed E-state index contributed by atoms with van der Waals surface area (Å²) in [4.78, 5) is 17.6. The van der Waals surface area contributed by atoms with E-state index in [0.717, 1.165) is 43.4 Å². The van der Waals surface area contributed by atoms with E-state index >= 15 is 0 Å². The van der Waals surface area contributed by atoms with Gasteiger partial charge >= 0.3 is 0 Å². The zero-order valence-corrected chi connectivity index (χ0v) is 18.9.